The van der Waals surface area contributed by atoms with Crippen molar-refractivity contribution in [3.63, 3.8) is 0 Å². The van der Waals surface area contributed by atoms with Gasteiger partial charge in [-0.2, -0.15) is 0 Å². The van der Waals surface area contributed by atoms with Crippen molar-refractivity contribution in [2.45, 2.75) is 25.7 Å². The summed E-state index contributed by atoms with van der Waals surface area (Å²) in [5.74, 6) is 0.0271. The molecule has 1 fully saturated rings. The molecule has 0 aromatic rings. The number of amides is 1. The lowest BCUT2D eigenvalue weighted by atomic mass is 9.85. The maximum Gasteiger partial charge on any atom is 0.227 e. The number of carbonyl (C=O) groups excluding carboxylic acids is 1. The third-order valence-electron chi connectivity index (χ3n) is 2.87. The van der Waals surface area contributed by atoms with Crippen LogP contribution in [0.3, 0.4) is 0 Å². The number of nitrogens with one attached hydrogen (secondary N) is 1. The van der Waals surface area contributed by atoms with Gasteiger partial charge in [-0.3, -0.25) is 4.79 Å². The molecule has 1 aliphatic rings. The van der Waals surface area contributed by atoms with Gasteiger partial charge in [-0.25, -0.2) is 0 Å². The highest BCUT2D eigenvalue weighted by Crippen LogP contribution is 2.37. The highest BCUT2D eigenvalue weighted by Gasteiger charge is 2.39. The zero-order valence-corrected chi connectivity index (χ0v) is 9.07. The molecule has 0 aromatic carbocycles. The molecule has 0 heterocycles. The fourth-order valence-electron chi connectivity index (χ4n) is 1.94. The Bertz CT molecular complexity index is 234. The van der Waals surface area contributed by atoms with Crippen molar-refractivity contribution in [2.75, 3.05) is 13.1 Å². The summed E-state index contributed by atoms with van der Waals surface area (Å²) in [6.45, 7) is 4.28. The van der Waals surface area contributed by atoms with Gasteiger partial charge in [0.2, 0.25) is 5.91 Å². The van der Waals surface area contributed by atoms with Gasteiger partial charge in [-0.05, 0) is 12.8 Å². The molecule has 0 aliphatic heterocycles. The molecular weight excluding hydrogens is 200 g/mol. The van der Waals surface area contributed by atoms with Crippen molar-refractivity contribution in [1.82, 2.24) is 5.32 Å². The second-order valence-corrected chi connectivity index (χ2v) is 4.43. The largest absolute Gasteiger partial charge is 0.351 e. The monoisotopic (exact) mass is 216 g/mol. The van der Waals surface area contributed by atoms with Crippen molar-refractivity contribution in [1.29, 1.82) is 0 Å². The van der Waals surface area contributed by atoms with Crippen molar-refractivity contribution in [3.05, 3.63) is 11.6 Å². The zero-order chi connectivity index (χ0) is 10.6. The van der Waals surface area contributed by atoms with Crippen molar-refractivity contribution >= 4 is 17.5 Å². The van der Waals surface area contributed by atoms with E-state index in [2.05, 4.69) is 11.9 Å². The summed E-state index contributed by atoms with van der Waals surface area (Å²) < 4.78 is 0. The minimum Gasteiger partial charge on any atom is -0.351 e. The van der Waals surface area contributed by atoms with Gasteiger partial charge >= 0.3 is 0 Å². The van der Waals surface area contributed by atoms with Gasteiger partial charge in [0.15, 0.2) is 0 Å². The van der Waals surface area contributed by atoms with E-state index in [1.165, 1.54) is 0 Å². The number of carbonyl (C=O) groups is 1. The molecule has 3 N–H and O–H groups in total. The molecule has 3 nitrogen and oxygen atoms in total. The lowest BCUT2D eigenvalue weighted by Crippen LogP contribution is -2.44. The number of hydrogen-bond acceptors (Lipinski definition) is 2. The first-order chi connectivity index (χ1) is 6.60. The van der Waals surface area contributed by atoms with Crippen LogP contribution >= 0.6 is 11.6 Å². The number of halogens is 1. The quantitative estimate of drug-likeness (QED) is 0.746. The number of hydrogen-bond donors (Lipinski definition) is 2. The fourth-order valence-corrected chi connectivity index (χ4v) is 2.01. The number of nitrogens with two attached hydrogens (primary N) is 1. The maximum absolute atomic E-state index is 11.8. The number of rotatable bonds is 4. The summed E-state index contributed by atoms with van der Waals surface area (Å²) in [5.41, 5.74) is 5.32. The Morgan fingerprint density at radius 1 is 1.50 bits per heavy atom. The normalized spacial score (nSPS) is 19.3. The Balaban J connectivity index is 2.52. The standard InChI is InChI=1S/C10H17ClN2O/c1-8(11)6-13-9(14)10(7-12)4-2-3-5-10/h1-7,12H2,(H,13,14). The van der Waals surface area contributed by atoms with E-state index < -0.39 is 0 Å². The van der Waals surface area contributed by atoms with Crippen LogP contribution in [-0.4, -0.2) is 19.0 Å². The predicted molar refractivity (Wildman–Crippen MR) is 58.0 cm³/mol. The summed E-state index contributed by atoms with van der Waals surface area (Å²) in [4.78, 5) is 11.8. The lowest BCUT2D eigenvalue weighted by Gasteiger charge is -2.25. The molecule has 0 unspecified atom stereocenters. The molecule has 1 amide bonds. The van der Waals surface area contributed by atoms with Crippen LogP contribution in [0.25, 0.3) is 0 Å². The third-order valence-corrected chi connectivity index (χ3v) is 3.01. The molecule has 14 heavy (non-hydrogen) atoms. The fraction of sp³-hybridized carbons (Fsp3) is 0.700. The van der Waals surface area contributed by atoms with E-state index in [0.29, 0.717) is 18.1 Å². The molecule has 0 saturated heterocycles. The molecule has 0 bridgehead atoms. The van der Waals surface area contributed by atoms with Gasteiger partial charge in [0.05, 0.1) is 12.0 Å². The Hall–Kier alpha value is -0.540. The molecule has 1 rings (SSSR count). The van der Waals surface area contributed by atoms with Crippen LogP contribution in [0.5, 0.6) is 0 Å². The highest BCUT2D eigenvalue weighted by molar-refractivity contribution is 6.29. The Morgan fingerprint density at radius 2 is 2.07 bits per heavy atom. The maximum atomic E-state index is 11.8. The molecular formula is C10H17ClN2O. The molecule has 1 saturated carbocycles. The first-order valence-electron chi connectivity index (χ1n) is 4.92. The lowest BCUT2D eigenvalue weighted by molar-refractivity contribution is -0.130. The van der Waals surface area contributed by atoms with Gasteiger partial charge < -0.3 is 11.1 Å². The van der Waals surface area contributed by atoms with E-state index in [4.69, 9.17) is 17.3 Å². The second-order valence-electron chi connectivity index (χ2n) is 3.89. The van der Waals surface area contributed by atoms with Crippen molar-refractivity contribution in [3.8, 4) is 0 Å². The van der Waals surface area contributed by atoms with Crippen LogP contribution in [-0.2, 0) is 4.79 Å². The van der Waals surface area contributed by atoms with Crippen LogP contribution in [0, 0.1) is 5.41 Å². The summed E-state index contributed by atoms with van der Waals surface area (Å²) in [5, 5.41) is 3.21. The summed E-state index contributed by atoms with van der Waals surface area (Å²) in [6, 6.07) is 0. The molecule has 1 aliphatic carbocycles. The Morgan fingerprint density at radius 3 is 2.50 bits per heavy atom. The molecule has 0 radical (unpaired) electrons. The SMILES string of the molecule is C=C(Cl)CNC(=O)C1(CN)CCCC1. The molecule has 80 valence electrons. The van der Waals surface area contributed by atoms with Gasteiger partial charge in [0.1, 0.15) is 0 Å². The third kappa shape index (κ3) is 2.49. The Labute approximate surface area is 89.7 Å². The van der Waals surface area contributed by atoms with Crippen molar-refractivity contribution < 1.29 is 4.79 Å². The predicted octanol–water partition coefficient (Wildman–Crippen LogP) is 1.37. The minimum absolute atomic E-state index is 0.0271. The zero-order valence-electron chi connectivity index (χ0n) is 8.31. The minimum atomic E-state index is -0.341. The molecule has 4 heteroatoms. The Kier molecular flexibility index (Phi) is 3.96. The molecule has 0 aromatic heterocycles. The summed E-state index contributed by atoms with van der Waals surface area (Å²) >= 11 is 5.58. The van der Waals surface area contributed by atoms with Crippen LogP contribution in [0.2, 0.25) is 0 Å². The van der Waals surface area contributed by atoms with Gasteiger partial charge in [-0.15, -0.1) is 0 Å². The first kappa shape index (κ1) is 11.5. The van der Waals surface area contributed by atoms with Gasteiger partial charge in [0, 0.05) is 11.6 Å². The van der Waals surface area contributed by atoms with E-state index in [0.717, 1.165) is 25.7 Å². The van der Waals surface area contributed by atoms with Crippen LogP contribution in [0.1, 0.15) is 25.7 Å². The van der Waals surface area contributed by atoms with E-state index in [-0.39, 0.29) is 11.3 Å². The first-order valence-corrected chi connectivity index (χ1v) is 5.30. The van der Waals surface area contributed by atoms with Crippen LogP contribution in [0.15, 0.2) is 11.6 Å². The topological polar surface area (TPSA) is 55.1 Å². The molecule has 0 atom stereocenters. The van der Waals surface area contributed by atoms with Gasteiger partial charge in [0.25, 0.3) is 0 Å². The van der Waals surface area contributed by atoms with Gasteiger partial charge in [-0.1, -0.05) is 31.0 Å². The van der Waals surface area contributed by atoms with Crippen molar-refractivity contribution in [2.24, 2.45) is 11.1 Å². The second kappa shape index (κ2) is 4.80. The summed E-state index contributed by atoms with van der Waals surface area (Å²) in [6.07, 6.45) is 3.97. The average molecular weight is 217 g/mol. The van der Waals surface area contributed by atoms with E-state index in [1.807, 2.05) is 0 Å². The van der Waals surface area contributed by atoms with E-state index >= 15 is 0 Å². The van der Waals surface area contributed by atoms with E-state index in [1.54, 1.807) is 0 Å². The highest BCUT2D eigenvalue weighted by atomic mass is 35.5. The van der Waals surface area contributed by atoms with E-state index in [9.17, 15) is 4.79 Å². The summed E-state index contributed by atoms with van der Waals surface area (Å²) in [7, 11) is 0. The van der Waals surface area contributed by atoms with Crippen LogP contribution < -0.4 is 11.1 Å². The average Bonchev–Trinajstić information content (AvgIpc) is 2.63. The molecule has 0 spiro atoms. The smallest absolute Gasteiger partial charge is 0.227 e. The van der Waals surface area contributed by atoms with Crippen LogP contribution in [0.4, 0.5) is 0 Å².